The highest BCUT2D eigenvalue weighted by Gasteiger charge is 2.37. The third-order valence-electron chi connectivity index (χ3n) is 5.48. The van der Waals surface area contributed by atoms with Gasteiger partial charge in [-0.1, -0.05) is 12.1 Å². The zero-order valence-electron chi connectivity index (χ0n) is 17.6. The van der Waals surface area contributed by atoms with Crippen LogP contribution in [0.4, 0.5) is 19.0 Å². The number of carbonyl (C=O) groups excluding carboxylic acids is 1. The molecule has 0 unspecified atom stereocenters. The number of aryl methyl sites for hydroxylation is 1. The van der Waals surface area contributed by atoms with E-state index >= 15 is 0 Å². The zero-order chi connectivity index (χ0) is 22.9. The lowest BCUT2D eigenvalue weighted by Crippen LogP contribution is -2.40. The Kier molecular flexibility index (Phi) is 5.81. The first kappa shape index (κ1) is 21.7. The summed E-state index contributed by atoms with van der Waals surface area (Å²) in [5.41, 5.74) is 0.102. The Bertz CT molecular complexity index is 1100. The second kappa shape index (κ2) is 8.56. The number of hydrogen-bond donors (Lipinski definition) is 0. The number of alkyl halides is 3. The molecule has 0 aliphatic carbocycles. The number of para-hydroxylation sites is 1. The maximum atomic E-state index is 13.5. The lowest BCUT2D eigenvalue weighted by atomic mass is 10.1. The number of amides is 1. The number of halogens is 3. The first-order chi connectivity index (χ1) is 15.3. The molecule has 1 aliphatic heterocycles. The molecule has 0 bridgehead atoms. The normalized spacial score (nSPS) is 17.3. The van der Waals surface area contributed by atoms with Crippen molar-refractivity contribution in [2.75, 3.05) is 24.5 Å². The molecule has 1 fully saturated rings. The minimum absolute atomic E-state index is 0.146. The van der Waals surface area contributed by atoms with Crippen LogP contribution in [0.2, 0.25) is 0 Å². The van der Waals surface area contributed by atoms with Crippen LogP contribution in [0.1, 0.15) is 35.1 Å². The predicted molar refractivity (Wildman–Crippen MR) is 110 cm³/mol. The molecule has 3 heterocycles. The highest BCUT2D eigenvalue weighted by Crippen LogP contribution is 2.35. The Morgan fingerprint density at radius 1 is 1.09 bits per heavy atom. The number of anilines is 1. The lowest BCUT2D eigenvalue weighted by Gasteiger charge is -2.27. The smallest absolute Gasteiger partial charge is 0.354 e. The number of carbonyl (C=O) groups is 1. The zero-order valence-corrected chi connectivity index (χ0v) is 17.6. The van der Waals surface area contributed by atoms with Gasteiger partial charge in [0.1, 0.15) is 17.2 Å². The second-order valence-corrected chi connectivity index (χ2v) is 7.61. The van der Waals surface area contributed by atoms with Gasteiger partial charge in [0.15, 0.2) is 0 Å². The van der Waals surface area contributed by atoms with Gasteiger partial charge in [-0.25, -0.2) is 9.97 Å². The molecule has 0 N–H and O–H groups in total. The van der Waals surface area contributed by atoms with Crippen LogP contribution in [-0.2, 0) is 6.18 Å². The van der Waals surface area contributed by atoms with E-state index in [0.717, 1.165) is 6.20 Å². The SMILES string of the molecule is Cc1ncc(C(F)(F)F)c(N2CC[C@@H](C)N(C(=O)c3ccccc3-n3nccn3)CC2)n1. The van der Waals surface area contributed by atoms with Gasteiger partial charge in [0, 0.05) is 31.9 Å². The summed E-state index contributed by atoms with van der Waals surface area (Å²) in [7, 11) is 0. The number of benzene rings is 1. The molecule has 168 valence electrons. The molecule has 1 amide bonds. The summed E-state index contributed by atoms with van der Waals surface area (Å²) in [6.07, 6.45) is -0.200. The van der Waals surface area contributed by atoms with Crippen LogP contribution in [-0.4, -0.2) is 61.4 Å². The number of nitrogens with zero attached hydrogens (tertiary/aromatic N) is 7. The van der Waals surface area contributed by atoms with Crippen LogP contribution >= 0.6 is 0 Å². The number of aromatic nitrogens is 5. The third kappa shape index (κ3) is 4.27. The van der Waals surface area contributed by atoms with E-state index in [1.807, 2.05) is 6.92 Å². The highest BCUT2D eigenvalue weighted by molar-refractivity contribution is 5.98. The van der Waals surface area contributed by atoms with Gasteiger partial charge in [-0.15, -0.1) is 0 Å². The average Bonchev–Trinajstić information content (AvgIpc) is 3.22. The summed E-state index contributed by atoms with van der Waals surface area (Å²) >= 11 is 0. The topological polar surface area (TPSA) is 80.0 Å². The van der Waals surface area contributed by atoms with Crippen LogP contribution in [0, 0.1) is 6.92 Å². The van der Waals surface area contributed by atoms with Crippen molar-refractivity contribution in [1.29, 1.82) is 0 Å². The molecule has 2 aromatic heterocycles. The Labute approximate surface area is 182 Å². The van der Waals surface area contributed by atoms with Crippen molar-refractivity contribution in [3.63, 3.8) is 0 Å². The quantitative estimate of drug-likeness (QED) is 0.616. The molecular weight excluding hydrogens is 423 g/mol. The van der Waals surface area contributed by atoms with Gasteiger partial charge in [-0.05, 0) is 32.4 Å². The van der Waals surface area contributed by atoms with E-state index in [4.69, 9.17) is 0 Å². The summed E-state index contributed by atoms with van der Waals surface area (Å²) in [6.45, 7) is 4.26. The fourth-order valence-corrected chi connectivity index (χ4v) is 3.80. The molecule has 11 heteroatoms. The summed E-state index contributed by atoms with van der Waals surface area (Å²) in [6, 6.07) is 6.82. The van der Waals surface area contributed by atoms with Crippen LogP contribution in [0.3, 0.4) is 0 Å². The van der Waals surface area contributed by atoms with E-state index in [1.165, 1.54) is 17.2 Å². The molecule has 4 rings (SSSR count). The summed E-state index contributed by atoms with van der Waals surface area (Å²) in [4.78, 5) is 25.9. The van der Waals surface area contributed by atoms with Crippen LogP contribution in [0.5, 0.6) is 0 Å². The van der Waals surface area contributed by atoms with E-state index < -0.39 is 11.7 Å². The Morgan fingerprint density at radius 3 is 2.53 bits per heavy atom. The maximum absolute atomic E-state index is 13.5. The van der Waals surface area contributed by atoms with Gasteiger partial charge in [0.2, 0.25) is 0 Å². The molecule has 1 saturated heterocycles. The van der Waals surface area contributed by atoms with E-state index in [0.29, 0.717) is 24.2 Å². The van der Waals surface area contributed by atoms with Gasteiger partial charge in [-0.2, -0.15) is 28.2 Å². The molecule has 1 aromatic carbocycles. The van der Waals surface area contributed by atoms with Crippen molar-refractivity contribution >= 4 is 11.7 Å². The van der Waals surface area contributed by atoms with Crippen molar-refractivity contribution in [3.8, 4) is 5.69 Å². The molecular formula is C21H22F3N7O. The van der Waals surface area contributed by atoms with Gasteiger partial charge in [0.05, 0.1) is 23.6 Å². The van der Waals surface area contributed by atoms with Crippen LogP contribution in [0.25, 0.3) is 5.69 Å². The van der Waals surface area contributed by atoms with E-state index in [-0.39, 0.29) is 36.7 Å². The molecule has 1 aliphatic rings. The third-order valence-corrected chi connectivity index (χ3v) is 5.48. The molecule has 0 radical (unpaired) electrons. The van der Waals surface area contributed by atoms with E-state index in [2.05, 4.69) is 20.2 Å². The van der Waals surface area contributed by atoms with Gasteiger partial charge in [0.25, 0.3) is 5.91 Å². The molecule has 3 aromatic rings. The van der Waals surface area contributed by atoms with Gasteiger partial charge >= 0.3 is 6.18 Å². The number of rotatable bonds is 3. The Balaban J connectivity index is 1.61. The maximum Gasteiger partial charge on any atom is 0.421 e. The van der Waals surface area contributed by atoms with Crippen molar-refractivity contribution < 1.29 is 18.0 Å². The first-order valence-corrected chi connectivity index (χ1v) is 10.2. The fourth-order valence-electron chi connectivity index (χ4n) is 3.80. The highest BCUT2D eigenvalue weighted by atomic mass is 19.4. The molecule has 0 saturated carbocycles. The summed E-state index contributed by atoms with van der Waals surface area (Å²) in [5.74, 6) is -0.103. The molecule has 32 heavy (non-hydrogen) atoms. The van der Waals surface area contributed by atoms with Crippen LogP contribution in [0.15, 0.2) is 42.9 Å². The van der Waals surface area contributed by atoms with Crippen molar-refractivity contribution in [3.05, 3.63) is 59.8 Å². The van der Waals surface area contributed by atoms with E-state index in [9.17, 15) is 18.0 Å². The van der Waals surface area contributed by atoms with Gasteiger partial charge < -0.3 is 9.80 Å². The molecule has 1 atom stereocenters. The minimum Gasteiger partial charge on any atom is -0.354 e. The molecule has 8 nitrogen and oxygen atoms in total. The minimum atomic E-state index is -4.56. The van der Waals surface area contributed by atoms with Crippen molar-refractivity contribution in [1.82, 2.24) is 29.9 Å². The van der Waals surface area contributed by atoms with E-state index in [1.54, 1.807) is 41.0 Å². The second-order valence-electron chi connectivity index (χ2n) is 7.61. The summed E-state index contributed by atoms with van der Waals surface area (Å²) in [5, 5.41) is 8.22. The van der Waals surface area contributed by atoms with Crippen LogP contribution < -0.4 is 4.90 Å². The fraction of sp³-hybridized carbons (Fsp3) is 0.381. The van der Waals surface area contributed by atoms with Crippen molar-refractivity contribution in [2.24, 2.45) is 0 Å². The summed E-state index contributed by atoms with van der Waals surface area (Å²) < 4.78 is 40.6. The largest absolute Gasteiger partial charge is 0.421 e. The predicted octanol–water partition coefficient (Wildman–Crippen LogP) is 3.13. The first-order valence-electron chi connectivity index (χ1n) is 10.2. The average molecular weight is 445 g/mol. The van der Waals surface area contributed by atoms with Gasteiger partial charge in [-0.3, -0.25) is 4.79 Å². The Hall–Kier alpha value is -3.50. The molecule has 0 spiro atoms. The number of hydrogen-bond acceptors (Lipinski definition) is 6. The monoisotopic (exact) mass is 445 g/mol. The standard InChI is InChI=1S/C21H22F3N7O/c1-14-7-10-29(19-17(21(22,23)24)13-25-15(2)28-19)11-12-30(14)20(32)16-5-3-4-6-18(16)31-26-8-9-27-31/h3-6,8-9,13-14H,7,10-12H2,1-2H3/t14-/m1/s1. The van der Waals surface area contributed by atoms with Crippen molar-refractivity contribution in [2.45, 2.75) is 32.5 Å². The lowest BCUT2D eigenvalue weighted by molar-refractivity contribution is -0.137. The Morgan fingerprint density at radius 2 is 1.81 bits per heavy atom.